The first kappa shape index (κ1) is 25.3. The number of anilines is 1. The highest BCUT2D eigenvalue weighted by atomic mass is 16.5. The number of rotatable bonds is 10. The van der Waals surface area contributed by atoms with Crippen LogP contribution in [0.15, 0.2) is 48.0 Å². The fourth-order valence-corrected chi connectivity index (χ4v) is 4.27. The second kappa shape index (κ2) is 11.2. The van der Waals surface area contributed by atoms with Gasteiger partial charge in [-0.3, -0.25) is 9.59 Å². The molecular formula is C28H36N2O4. The molecule has 1 fully saturated rings. The third-order valence-corrected chi connectivity index (χ3v) is 6.18. The van der Waals surface area contributed by atoms with Crippen molar-refractivity contribution >= 4 is 23.1 Å². The molecule has 1 N–H and O–H groups in total. The number of unbranched alkanes of at least 4 members (excludes halogenated alkanes) is 2. The summed E-state index contributed by atoms with van der Waals surface area (Å²) in [6, 6.07) is 12.5. The number of carbonyl (C=O) groups excluding carboxylic acids is 2. The minimum absolute atomic E-state index is 0.140. The van der Waals surface area contributed by atoms with E-state index in [-0.39, 0.29) is 11.3 Å². The van der Waals surface area contributed by atoms with Crippen LogP contribution in [-0.2, 0) is 9.59 Å². The number of aryl methyl sites for hydroxylation is 1. The number of aliphatic hydroxyl groups excluding tert-OH is 1. The minimum atomic E-state index is -0.639. The Morgan fingerprint density at radius 3 is 2.32 bits per heavy atom. The molecule has 3 rings (SSSR count). The highest BCUT2D eigenvalue weighted by molar-refractivity contribution is 6.46. The van der Waals surface area contributed by atoms with Crippen molar-refractivity contribution in [1.29, 1.82) is 0 Å². The van der Waals surface area contributed by atoms with Crippen molar-refractivity contribution in [3.05, 3.63) is 64.7 Å². The first-order valence-electron chi connectivity index (χ1n) is 12.1. The molecule has 1 unspecified atom stereocenters. The molecule has 0 aliphatic carbocycles. The number of hydrogen-bond donors (Lipinski definition) is 1. The highest BCUT2D eigenvalue weighted by Crippen LogP contribution is 2.40. The Morgan fingerprint density at radius 2 is 1.74 bits per heavy atom. The molecule has 2 aromatic rings. The van der Waals surface area contributed by atoms with Gasteiger partial charge in [0.05, 0.1) is 18.2 Å². The Balaban J connectivity index is 2.07. The first-order chi connectivity index (χ1) is 16.3. The molecule has 1 aliphatic heterocycles. The van der Waals surface area contributed by atoms with Gasteiger partial charge in [0.25, 0.3) is 11.7 Å². The molecule has 1 saturated heterocycles. The summed E-state index contributed by atoms with van der Waals surface area (Å²) in [6.07, 6.45) is 3.68. The van der Waals surface area contributed by atoms with E-state index in [0.29, 0.717) is 18.7 Å². The van der Waals surface area contributed by atoms with Crippen molar-refractivity contribution in [1.82, 2.24) is 4.90 Å². The average molecular weight is 465 g/mol. The summed E-state index contributed by atoms with van der Waals surface area (Å²) in [7, 11) is 3.92. The van der Waals surface area contributed by atoms with Crippen LogP contribution in [0, 0.1) is 6.92 Å². The lowest BCUT2D eigenvalue weighted by Crippen LogP contribution is -2.30. The van der Waals surface area contributed by atoms with Gasteiger partial charge in [0, 0.05) is 31.9 Å². The van der Waals surface area contributed by atoms with Crippen LogP contribution in [0.25, 0.3) is 5.76 Å². The molecule has 0 aromatic heterocycles. The van der Waals surface area contributed by atoms with Gasteiger partial charge >= 0.3 is 0 Å². The lowest BCUT2D eigenvalue weighted by atomic mass is 9.94. The van der Waals surface area contributed by atoms with E-state index in [1.165, 1.54) is 0 Å². The van der Waals surface area contributed by atoms with Gasteiger partial charge in [0.15, 0.2) is 0 Å². The van der Waals surface area contributed by atoms with Crippen LogP contribution in [0.5, 0.6) is 5.75 Å². The SMILES string of the molecule is CCCCCN1C(=O)C(=O)/C(=C(\O)c2ccc(OCCC)c(C)c2)C1c1ccc(N(C)C)cc1. The number of carbonyl (C=O) groups is 2. The van der Waals surface area contributed by atoms with Gasteiger partial charge in [-0.05, 0) is 61.2 Å². The molecule has 34 heavy (non-hydrogen) atoms. The van der Waals surface area contributed by atoms with Gasteiger partial charge in [0.2, 0.25) is 0 Å². The van der Waals surface area contributed by atoms with Crippen LogP contribution in [0.1, 0.15) is 62.3 Å². The van der Waals surface area contributed by atoms with Gasteiger partial charge in [-0.2, -0.15) is 0 Å². The molecule has 6 nitrogen and oxygen atoms in total. The maximum atomic E-state index is 13.2. The molecule has 1 heterocycles. The quantitative estimate of drug-likeness (QED) is 0.219. The first-order valence-corrected chi connectivity index (χ1v) is 12.1. The summed E-state index contributed by atoms with van der Waals surface area (Å²) in [5, 5.41) is 11.3. The smallest absolute Gasteiger partial charge is 0.295 e. The number of ether oxygens (including phenoxy) is 1. The average Bonchev–Trinajstić information content (AvgIpc) is 3.08. The third kappa shape index (κ3) is 5.27. The van der Waals surface area contributed by atoms with Crippen molar-refractivity contribution in [3.8, 4) is 5.75 Å². The Labute approximate surface area is 202 Å². The third-order valence-electron chi connectivity index (χ3n) is 6.18. The van der Waals surface area contributed by atoms with E-state index in [4.69, 9.17) is 4.74 Å². The van der Waals surface area contributed by atoms with Gasteiger partial charge in [0.1, 0.15) is 11.5 Å². The molecule has 1 aliphatic rings. The number of benzene rings is 2. The Kier molecular flexibility index (Phi) is 8.37. The summed E-state index contributed by atoms with van der Waals surface area (Å²) in [6.45, 7) is 7.13. The topological polar surface area (TPSA) is 70.1 Å². The second-order valence-electron chi connectivity index (χ2n) is 9.01. The van der Waals surface area contributed by atoms with Gasteiger partial charge in [-0.25, -0.2) is 0 Å². The molecule has 0 bridgehead atoms. The number of ketones is 1. The Morgan fingerprint density at radius 1 is 1.03 bits per heavy atom. The van der Waals surface area contributed by atoms with Crippen LogP contribution >= 0.6 is 0 Å². The Hall–Kier alpha value is -3.28. The summed E-state index contributed by atoms with van der Waals surface area (Å²) in [5.41, 5.74) is 3.33. The molecule has 1 amide bonds. The minimum Gasteiger partial charge on any atom is -0.507 e. The summed E-state index contributed by atoms with van der Waals surface area (Å²) in [5.74, 6) is -0.601. The van der Waals surface area contributed by atoms with Crippen molar-refractivity contribution in [3.63, 3.8) is 0 Å². The van der Waals surface area contributed by atoms with Gasteiger partial charge < -0.3 is 19.6 Å². The second-order valence-corrected chi connectivity index (χ2v) is 9.01. The standard InChI is InChI=1S/C28H36N2O4/c1-6-8-9-16-30-25(20-10-13-22(14-11-20)29(4)5)24(27(32)28(30)33)26(31)21-12-15-23(19(3)18-21)34-17-7-2/h10-15,18,25,31H,6-9,16-17H2,1-5H3/b26-24-. The molecule has 6 heteroatoms. The van der Waals surface area contributed by atoms with Crippen LogP contribution in [0.3, 0.4) is 0 Å². The molecule has 0 radical (unpaired) electrons. The number of Topliss-reactive ketones (excluding diaryl/α,β-unsaturated/α-hetero) is 1. The lowest BCUT2D eigenvalue weighted by Gasteiger charge is -2.26. The maximum Gasteiger partial charge on any atom is 0.295 e. The number of likely N-dealkylation sites (tertiary alicyclic amines) is 1. The zero-order chi connectivity index (χ0) is 24.8. The molecule has 182 valence electrons. The highest BCUT2D eigenvalue weighted by Gasteiger charge is 2.45. The molecule has 2 aromatic carbocycles. The van der Waals surface area contributed by atoms with Crippen LogP contribution < -0.4 is 9.64 Å². The summed E-state index contributed by atoms with van der Waals surface area (Å²) in [4.78, 5) is 29.8. The molecular weight excluding hydrogens is 428 g/mol. The fourth-order valence-electron chi connectivity index (χ4n) is 4.27. The van der Waals surface area contributed by atoms with E-state index in [1.807, 2.05) is 57.1 Å². The van der Waals surface area contributed by atoms with Crippen LogP contribution in [0.2, 0.25) is 0 Å². The van der Waals surface area contributed by atoms with E-state index < -0.39 is 17.7 Å². The van der Waals surface area contributed by atoms with E-state index in [2.05, 4.69) is 6.92 Å². The zero-order valence-corrected chi connectivity index (χ0v) is 20.9. The molecule has 1 atom stereocenters. The zero-order valence-electron chi connectivity index (χ0n) is 20.9. The van der Waals surface area contributed by atoms with Crippen molar-refractivity contribution in [2.45, 2.75) is 52.5 Å². The monoisotopic (exact) mass is 464 g/mol. The van der Waals surface area contributed by atoms with Crippen molar-refractivity contribution < 1.29 is 19.4 Å². The normalized spacial score (nSPS) is 17.3. The maximum absolute atomic E-state index is 13.2. The van der Waals surface area contributed by atoms with Gasteiger partial charge in [-0.15, -0.1) is 0 Å². The fraction of sp³-hybridized carbons (Fsp3) is 0.429. The van der Waals surface area contributed by atoms with Crippen molar-refractivity contribution in [2.75, 3.05) is 32.1 Å². The number of nitrogens with zero attached hydrogens (tertiary/aromatic N) is 2. The number of amides is 1. The largest absolute Gasteiger partial charge is 0.507 e. The summed E-state index contributed by atoms with van der Waals surface area (Å²) < 4.78 is 5.75. The molecule has 0 spiro atoms. The van der Waals surface area contributed by atoms with Crippen molar-refractivity contribution in [2.24, 2.45) is 0 Å². The van der Waals surface area contributed by atoms with E-state index in [1.54, 1.807) is 23.1 Å². The number of hydrogen-bond acceptors (Lipinski definition) is 5. The van der Waals surface area contributed by atoms with E-state index >= 15 is 0 Å². The van der Waals surface area contributed by atoms with E-state index in [0.717, 1.165) is 48.2 Å². The Bertz CT molecular complexity index is 1060. The van der Waals surface area contributed by atoms with Gasteiger partial charge in [-0.1, -0.05) is 38.8 Å². The van der Waals surface area contributed by atoms with Crippen LogP contribution in [0.4, 0.5) is 5.69 Å². The lowest BCUT2D eigenvalue weighted by molar-refractivity contribution is -0.139. The number of aliphatic hydroxyl groups is 1. The summed E-state index contributed by atoms with van der Waals surface area (Å²) >= 11 is 0. The predicted molar refractivity (Wildman–Crippen MR) is 136 cm³/mol. The van der Waals surface area contributed by atoms with E-state index in [9.17, 15) is 14.7 Å². The van der Waals surface area contributed by atoms with Crippen LogP contribution in [-0.4, -0.2) is 48.9 Å². The molecule has 0 saturated carbocycles. The predicted octanol–water partition coefficient (Wildman–Crippen LogP) is 5.46.